The largest absolute Gasteiger partial charge is 0.484 e. The topological polar surface area (TPSA) is 73.6 Å². The first-order valence-electron chi connectivity index (χ1n) is 7.04. The average Bonchev–Trinajstić information content (AvgIpc) is 2.43. The quantitative estimate of drug-likeness (QED) is 0.786. The lowest BCUT2D eigenvalue weighted by molar-refractivity contribution is -0.125. The molecule has 1 aromatic carbocycles. The Morgan fingerprint density at radius 2 is 2.05 bits per heavy atom. The maximum absolute atomic E-state index is 11.7. The molecule has 1 aliphatic rings. The van der Waals surface area contributed by atoms with Crippen molar-refractivity contribution in [3.05, 3.63) is 29.8 Å². The second-order valence-corrected chi connectivity index (χ2v) is 4.95. The summed E-state index contributed by atoms with van der Waals surface area (Å²) in [5, 5.41) is 2.93. The van der Waals surface area contributed by atoms with Crippen LogP contribution in [-0.2, 0) is 16.1 Å². The first kappa shape index (κ1) is 14.8. The fourth-order valence-corrected chi connectivity index (χ4v) is 2.20. The maximum atomic E-state index is 11.7. The molecule has 1 saturated carbocycles. The highest BCUT2D eigenvalue weighted by Gasteiger charge is 2.30. The van der Waals surface area contributed by atoms with Crippen LogP contribution in [-0.4, -0.2) is 31.3 Å². The lowest BCUT2D eigenvalue weighted by Crippen LogP contribution is -2.49. The van der Waals surface area contributed by atoms with Crippen molar-refractivity contribution in [2.45, 2.75) is 38.5 Å². The Morgan fingerprint density at radius 1 is 1.35 bits per heavy atom. The first-order valence-corrected chi connectivity index (χ1v) is 7.04. The van der Waals surface area contributed by atoms with Crippen LogP contribution in [0.4, 0.5) is 0 Å². The zero-order valence-electron chi connectivity index (χ0n) is 11.8. The second kappa shape index (κ2) is 7.26. The van der Waals surface area contributed by atoms with Crippen LogP contribution in [0.5, 0.6) is 5.75 Å². The third kappa shape index (κ3) is 4.21. The highest BCUT2D eigenvalue weighted by atomic mass is 16.5. The van der Waals surface area contributed by atoms with Gasteiger partial charge in [-0.3, -0.25) is 4.79 Å². The standard InChI is InChI=1S/C15H22N2O3/c1-2-19-14-7-12(8-14)17-15(18)10-20-13-5-3-11(9-16)4-6-13/h3-6,12,14H,2,7-10,16H2,1H3,(H,17,18). The van der Waals surface area contributed by atoms with E-state index in [4.69, 9.17) is 15.2 Å². The highest BCUT2D eigenvalue weighted by molar-refractivity contribution is 5.78. The Morgan fingerprint density at radius 3 is 2.65 bits per heavy atom. The molecule has 5 nitrogen and oxygen atoms in total. The molecule has 0 atom stereocenters. The molecule has 0 radical (unpaired) electrons. The van der Waals surface area contributed by atoms with E-state index in [1.54, 1.807) is 0 Å². The van der Waals surface area contributed by atoms with Crippen molar-refractivity contribution in [2.24, 2.45) is 5.73 Å². The van der Waals surface area contributed by atoms with E-state index in [2.05, 4.69) is 5.32 Å². The van der Waals surface area contributed by atoms with Crippen molar-refractivity contribution in [3.63, 3.8) is 0 Å². The predicted molar refractivity (Wildman–Crippen MR) is 76.4 cm³/mol. The molecule has 0 saturated heterocycles. The minimum absolute atomic E-state index is 0.0395. The van der Waals surface area contributed by atoms with E-state index >= 15 is 0 Å². The molecule has 0 aromatic heterocycles. The molecule has 0 spiro atoms. The van der Waals surface area contributed by atoms with E-state index < -0.39 is 0 Å². The zero-order chi connectivity index (χ0) is 14.4. The summed E-state index contributed by atoms with van der Waals surface area (Å²) in [5.41, 5.74) is 6.56. The SMILES string of the molecule is CCOC1CC(NC(=O)COc2ccc(CN)cc2)C1. The number of amides is 1. The van der Waals surface area contributed by atoms with Crippen LogP contribution in [0.3, 0.4) is 0 Å². The minimum Gasteiger partial charge on any atom is -0.484 e. The molecule has 110 valence electrons. The summed E-state index contributed by atoms with van der Waals surface area (Å²) in [6, 6.07) is 7.66. The van der Waals surface area contributed by atoms with Gasteiger partial charge in [-0.15, -0.1) is 0 Å². The van der Waals surface area contributed by atoms with Gasteiger partial charge in [0.25, 0.3) is 5.91 Å². The lowest BCUT2D eigenvalue weighted by Gasteiger charge is -2.35. The van der Waals surface area contributed by atoms with E-state index in [1.807, 2.05) is 31.2 Å². The van der Waals surface area contributed by atoms with Gasteiger partial charge in [-0.1, -0.05) is 12.1 Å². The number of benzene rings is 1. The van der Waals surface area contributed by atoms with E-state index in [9.17, 15) is 4.79 Å². The number of carbonyl (C=O) groups is 1. The molecule has 1 aliphatic carbocycles. The van der Waals surface area contributed by atoms with E-state index in [0.717, 1.165) is 25.0 Å². The van der Waals surface area contributed by atoms with Crippen molar-refractivity contribution in [2.75, 3.05) is 13.2 Å². The van der Waals surface area contributed by atoms with Crippen LogP contribution in [0.15, 0.2) is 24.3 Å². The van der Waals surface area contributed by atoms with Crippen molar-refractivity contribution in [3.8, 4) is 5.75 Å². The number of hydrogen-bond acceptors (Lipinski definition) is 4. The van der Waals surface area contributed by atoms with Gasteiger partial charge in [0, 0.05) is 19.2 Å². The molecule has 3 N–H and O–H groups in total. The Labute approximate surface area is 119 Å². The molecule has 0 bridgehead atoms. The monoisotopic (exact) mass is 278 g/mol. The Bertz CT molecular complexity index is 427. The number of nitrogens with two attached hydrogens (primary N) is 1. The molecule has 1 fully saturated rings. The summed E-state index contributed by atoms with van der Waals surface area (Å²) in [6.07, 6.45) is 2.09. The molecular formula is C15H22N2O3. The van der Waals surface area contributed by atoms with Crippen LogP contribution >= 0.6 is 0 Å². The molecule has 5 heteroatoms. The maximum Gasteiger partial charge on any atom is 0.258 e. The zero-order valence-corrected chi connectivity index (χ0v) is 11.8. The minimum atomic E-state index is -0.0900. The van der Waals surface area contributed by atoms with E-state index in [1.165, 1.54) is 0 Å². The Kier molecular flexibility index (Phi) is 5.38. The van der Waals surface area contributed by atoms with Gasteiger partial charge in [-0.05, 0) is 37.5 Å². The third-order valence-electron chi connectivity index (χ3n) is 3.39. The molecule has 1 amide bonds. The van der Waals surface area contributed by atoms with Gasteiger partial charge in [0.1, 0.15) is 5.75 Å². The molecule has 1 aromatic rings. The van der Waals surface area contributed by atoms with Crippen molar-refractivity contribution < 1.29 is 14.3 Å². The predicted octanol–water partition coefficient (Wildman–Crippen LogP) is 1.21. The molecule has 2 rings (SSSR count). The van der Waals surface area contributed by atoms with E-state index in [-0.39, 0.29) is 18.6 Å². The summed E-state index contributed by atoms with van der Waals surface area (Å²) in [6.45, 7) is 3.25. The normalized spacial score (nSPS) is 21.1. The average molecular weight is 278 g/mol. The van der Waals surface area contributed by atoms with Crippen molar-refractivity contribution >= 4 is 5.91 Å². The summed E-state index contributed by atoms with van der Waals surface area (Å²) >= 11 is 0. The van der Waals surface area contributed by atoms with Gasteiger partial charge >= 0.3 is 0 Å². The Hall–Kier alpha value is -1.59. The van der Waals surface area contributed by atoms with E-state index in [0.29, 0.717) is 18.4 Å². The van der Waals surface area contributed by atoms with Crippen molar-refractivity contribution in [1.82, 2.24) is 5.32 Å². The highest BCUT2D eigenvalue weighted by Crippen LogP contribution is 2.23. The van der Waals surface area contributed by atoms with Crippen LogP contribution in [0.1, 0.15) is 25.3 Å². The third-order valence-corrected chi connectivity index (χ3v) is 3.39. The summed E-state index contributed by atoms with van der Waals surface area (Å²) in [7, 11) is 0. The molecule has 0 heterocycles. The van der Waals surface area contributed by atoms with Crippen molar-refractivity contribution in [1.29, 1.82) is 0 Å². The fraction of sp³-hybridized carbons (Fsp3) is 0.533. The summed E-state index contributed by atoms with van der Waals surface area (Å²) in [4.78, 5) is 11.7. The summed E-state index contributed by atoms with van der Waals surface area (Å²) < 4.78 is 10.9. The fourth-order valence-electron chi connectivity index (χ4n) is 2.20. The number of ether oxygens (including phenoxy) is 2. The second-order valence-electron chi connectivity index (χ2n) is 4.95. The molecule has 0 aliphatic heterocycles. The molecule has 20 heavy (non-hydrogen) atoms. The molecule has 0 unspecified atom stereocenters. The Balaban J connectivity index is 1.65. The number of hydrogen-bond donors (Lipinski definition) is 2. The van der Waals surface area contributed by atoms with Crippen LogP contribution in [0.2, 0.25) is 0 Å². The van der Waals surface area contributed by atoms with Gasteiger partial charge < -0.3 is 20.5 Å². The van der Waals surface area contributed by atoms with Gasteiger partial charge in [-0.2, -0.15) is 0 Å². The van der Waals surface area contributed by atoms with Gasteiger partial charge in [0.15, 0.2) is 6.61 Å². The number of nitrogens with one attached hydrogen (secondary N) is 1. The van der Waals surface area contributed by atoms with Crippen LogP contribution in [0.25, 0.3) is 0 Å². The van der Waals surface area contributed by atoms with Crippen LogP contribution < -0.4 is 15.8 Å². The summed E-state index contributed by atoms with van der Waals surface area (Å²) in [5.74, 6) is 0.589. The van der Waals surface area contributed by atoms with Gasteiger partial charge in [0.2, 0.25) is 0 Å². The number of carbonyl (C=O) groups excluding carboxylic acids is 1. The van der Waals surface area contributed by atoms with Gasteiger partial charge in [0.05, 0.1) is 6.10 Å². The van der Waals surface area contributed by atoms with Gasteiger partial charge in [-0.25, -0.2) is 0 Å². The number of rotatable bonds is 7. The lowest BCUT2D eigenvalue weighted by atomic mass is 9.89. The smallest absolute Gasteiger partial charge is 0.258 e. The van der Waals surface area contributed by atoms with Crippen LogP contribution in [0, 0.1) is 0 Å². The molecular weight excluding hydrogens is 256 g/mol. The first-order chi connectivity index (χ1) is 9.71.